The zero-order valence-corrected chi connectivity index (χ0v) is 12.9. The Bertz CT molecular complexity index is 664. The Hall–Kier alpha value is -0.780. The number of nitrogens with one attached hydrogen (secondary N) is 1. The van der Waals surface area contributed by atoms with Crippen molar-refractivity contribution in [2.75, 3.05) is 13.7 Å². The van der Waals surface area contributed by atoms with Gasteiger partial charge in [0.15, 0.2) is 0 Å². The maximum absolute atomic E-state index is 9.45. The van der Waals surface area contributed by atoms with Crippen LogP contribution in [0.15, 0.2) is 12.3 Å². The molecule has 1 aliphatic rings. The van der Waals surface area contributed by atoms with Crippen LogP contribution in [0.3, 0.4) is 0 Å². The first-order chi connectivity index (χ1) is 9.17. The summed E-state index contributed by atoms with van der Waals surface area (Å²) >= 11 is 12.4. The van der Waals surface area contributed by atoms with Crippen LogP contribution in [-0.2, 0) is 6.54 Å². The Balaban J connectivity index is 0.00000147. The van der Waals surface area contributed by atoms with Crippen LogP contribution in [0, 0.1) is 0 Å². The minimum Gasteiger partial charge on any atom is -0.495 e. The molecule has 1 aromatic carbocycles. The van der Waals surface area contributed by atoms with Gasteiger partial charge in [-0.2, -0.15) is 0 Å². The molecular formula is C13H13Cl3N2O2. The van der Waals surface area contributed by atoms with Crippen molar-refractivity contribution in [3.63, 3.8) is 0 Å². The first-order valence-corrected chi connectivity index (χ1v) is 6.60. The van der Waals surface area contributed by atoms with Crippen molar-refractivity contribution in [2.24, 2.45) is 0 Å². The Morgan fingerprint density at radius 2 is 2.20 bits per heavy atom. The van der Waals surface area contributed by atoms with Crippen molar-refractivity contribution in [1.29, 1.82) is 0 Å². The Labute approximate surface area is 132 Å². The topological polar surface area (TPSA) is 54.4 Å². The van der Waals surface area contributed by atoms with Gasteiger partial charge in [-0.1, -0.05) is 23.2 Å². The number of hydrogen-bond donors (Lipinski definition) is 2. The number of pyridine rings is 1. The van der Waals surface area contributed by atoms with Gasteiger partial charge in [0.05, 0.1) is 30.3 Å². The average molecular weight is 336 g/mol. The third kappa shape index (κ3) is 2.22. The molecule has 7 heteroatoms. The number of nitrogens with zero attached hydrogens (tertiary/aromatic N) is 1. The van der Waals surface area contributed by atoms with Gasteiger partial charge < -0.3 is 15.2 Å². The van der Waals surface area contributed by atoms with Crippen LogP contribution in [0.4, 0.5) is 0 Å². The summed E-state index contributed by atoms with van der Waals surface area (Å²) in [4.78, 5) is 4.36. The third-order valence-electron chi connectivity index (χ3n) is 3.42. The van der Waals surface area contributed by atoms with Gasteiger partial charge in [0.2, 0.25) is 0 Å². The molecule has 20 heavy (non-hydrogen) atoms. The molecule has 2 aromatic rings. The molecular weight excluding hydrogens is 323 g/mol. The van der Waals surface area contributed by atoms with E-state index < -0.39 is 0 Å². The van der Waals surface area contributed by atoms with E-state index in [9.17, 15) is 5.11 Å². The molecule has 1 atom stereocenters. The summed E-state index contributed by atoms with van der Waals surface area (Å²) in [6.07, 6.45) is 1.77. The lowest BCUT2D eigenvalue weighted by molar-refractivity contribution is 0.252. The lowest BCUT2D eigenvalue weighted by Crippen LogP contribution is -2.15. The molecule has 0 spiro atoms. The first kappa shape index (κ1) is 15.6. The van der Waals surface area contributed by atoms with Gasteiger partial charge in [-0.05, 0) is 17.2 Å². The summed E-state index contributed by atoms with van der Waals surface area (Å²) < 4.78 is 5.24. The van der Waals surface area contributed by atoms with Gasteiger partial charge in [-0.25, -0.2) is 0 Å². The van der Waals surface area contributed by atoms with Gasteiger partial charge in [-0.15, -0.1) is 12.4 Å². The van der Waals surface area contributed by atoms with E-state index in [0.29, 0.717) is 27.9 Å². The van der Waals surface area contributed by atoms with Crippen molar-refractivity contribution in [1.82, 2.24) is 10.3 Å². The molecule has 1 unspecified atom stereocenters. The number of rotatable bonds is 2. The lowest BCUT2D eigenvalue weighted by Gasteiger charge is -2.14. The molecule has 0 amide bonds. The molecule has 108 valence electrons. The highest BCUT2D eigenvalue weighted by atomic mass is 35.5. The van der Waals surface area contributed by atoms with Crippen LogP contribution in [0.5, 0.6) is 5.75 Å². The predicted octanol–water partition coefficient (Wildman–Crippen LogP) is 3.11. The smallest absolute Gasteiger partial charge is 0.139 e. The molecule has 0 aliphatic carbocycles. The van der Waals surface area contributed by atoms with E-state index >= 15 is 0 Å². The number of aliphatic hydroxyl groups excluding tert-OH is 1. The van der Waals surface area contributed by atoms with E-state index in [2.05, 4.69) is 10.3 Å². The minimum absolute atomic E-state index is 0. The number of fused-ring (bicyclic) bond motifs is 3. The fourth-order valence-electron chi connectivity index (χ4n) is 2.50. The van der Waals surface area contributed by atoms with Crippen LogP contribution in [-0.4, -0.2) is 23.8 Å². The van der Waals surface area contributed by atoms with E-state index in [-0.39, 0.29) is 25.1 Å². The third-order valence-corrected chi connectivity index (χ3v) is 4.26. The second-order valence-electron chi connectivity index (χ2n) is 4.42. The summed E-state index contributed by atoms with van der Waals surface area (Å²) in [6.45, 7) is 0.709. The first-order valence-electron chi connectivity index (χ1n) is 5.85. The molecule has 2 N–H and O–H groups in total. The summed E-state index contributed by atoms with van der Waals surface area (Å²) in [5.41, 5.74) is 2.71. The Kier molecular flexibility index (Phi) is 4.62. The lowest BCUT2D eigenvalue weighted by atomic mass is 10.0. The predicted molar refractivity (Wildman–Crippen MR) is 82.2 cm³/mol. The van der Waals surface area contributed by atoms with Crippen LogP contribution in [0.25, 0.3) is 10.9 Å². The summed E-state index contributed by atoms with van der Waals surface area (Å²) in [7, 11) is 1.54. The molecule has 0 radical (unpaired) electrons. The molecule has 3 rings (SSSR count). The van der Waals surface area contributed by atoms with Gasteiger partial charge in [0.25, 0.3) is 0 Å². The van der Waals surface area contributed by atoms with Crippen LogP contribution in [0.2, 0.25) is 10.0 Å². The van der Waals surface area contributed by atoms with Crippen LogP contribution in [0.1, 0.15) is 17.2 Å². The summed E-state index contributed by atoms with van der Waals surface area (Å²) in [5.74, 6) is 0.512. The van der Waals surface area contributed by atoms with Gasteiger partial charge in [0.1, 0.15) is 10.8 Å². The van der Waals surface area contributed by atoms with Gasteiger partial charge in [-0.3, -0.25) is 4.98 Å². The fourth-order valence-corrected chi connectivity index (χ4v) is 2.97. The molecule has 2 heterocycles. The molecule has 0 saturated carbocycles. The standard InChI is InChI=1S/C13H12Cl2N2O2.ClH/c1-19-9-2-7-10-6(3-16-8(10)5-18)4-17-13(7)12(15)11(9)14;/h2,4,8,16,18H,3,5H2,1H3;1H. The maximum atomic E-state index is 9.45. The molecule has 1 aromatic heterocycles. The second kappa shape index (κ2) is 5.92. The monoisotopic (exact) mass is 334 g/mol. The van der Waals surface area contributed by atoms with Gasteiger partial charge in [0, 0.05) is 18.1 Å². The molecule has 0 saturated heterocycles. The normalized spacial score (nSPS) is 16.9. The van der Waals surface area contributed by atoms with Crippen molar-refractivity contribution in [3.8, 4) is 5.75 Å². The van der Waals surface area contributed by atoms with Crippen molar-refractivity contribution in [2.45, 2.75) is 12.6 Å². The highest BCUT2D eigenvalue weighted by Gasteiger charge is 2.26. The highest BCUT2D eigenvalue weighted by Crippen LogP contribution is 2.41. The van der Waals surface area contributed by atoms with E-state index in [1.807, 2.05) is 6.07 Å². The van der Waals surface area contributed by atoms with Gasteiger partial charge >= 0.3 is 0 Å². The number of aromatic nitrogens is 1. The molecule has 4 nitrogen and oxygen atoms in total. The quantitative estimate of drug-likeness (QED) is 0.885. The molecule has 0 bridgehead atoms. The number of hydrogen-bond acceptors (Lipinski definition) is 4. The zero-order chi connectivity index (χ0) is 13.6. The van der Waals surface area contributed by atoms with E-state index in [4.69, 9.17) is 27.9 Å². The number of halogens is 3. The fraction of sp³-hybridized carbons (Fsp3) is 0.308. The number of aliphatic hydroxyl groups is 1. The number of benzene rings is 1. The van der Waals surface area contributed by atoms with Crippen LogP contribution >= 0.6 is 35.6 Å². The zero-order valence-electron chi connectivity index (χ0n) is 10.6. The number of methoxy groups -OCH3 is 1. The largest absolute Gasteiger partial charge is 0.495 e. The molecule has 1 aliphatic heterocycles. The van der Waals surface area contributed by atoms with E-state index in [0.717, 1.165) is 16.5 Å². The van der Waals surface area contributed by atoms with E-state index in [1.54, 1.807) is 13.3 Å². The SMILES string of the molecule is COc1cc2c3c(cnc2c(Cl)c1Cl)CNC3CO.Cl. The molecule has 0 fully saturated rings. The van der Waals surface area contributed by atoms with Crippen molar-refractivity contribution < 1.29 is 9.84 Å². The van der Waals surface area contributed by atoms with Crippen molar-refractivity contribution >= 4 is 46.5 Å². The summed E-state index contributed by atoms with van der Waals surface area (Å²) in [5, 5.41) is 14.3. The second-order valence-corrected chi connectivity index (χ2v) is 5.17. The van der Waals surface area contributed by atoms with Crippen LogP contribution < -0.4 is 10.1 Å². The Morgan fingerprint density at radius 1 is 1.45 bits per heavy atom. The minimum atomic E-state index is -0.109. The Morgan fingerprint density at radius 3 is 2.85 bits per heavy atom. The maximum Gasteiger partial charge on any atom is 0.139 e. The average Bonchev–Trinajstić information content (AvgIpc) is 2.85. The highest BCUT2D eigenvalue weighted by molar-refractivity contribution is 6.46. The van der Waals surface area contributed by atoms with Crippen molar-refractivity contribution in [3.05, 3.63) is 33.4 Å². The van der Waals surface area contributed by atoms with E-state index in [1.165, 1.54) is 0 Å². The number of ether oxygens (including phenoxy) is 1. The summed E-state index contributed by atoms with van der Waals surface area (Å²) in [6, 6.07) is 1.72.